The second-order valence-electron chi connectivity index (χ2n) is 8.74. The summed E-state index contributed by atoms with van der Waals surface area (Å²) in [5.74, 6) is 0.805. The maximum Gasteiger partial charge on any atom is 0.174 e. The van der Waals surface area contributed by atoms with Crippen molar-refractivity contribution in [3.8, 4) is 11.4 Å². The van der Waals surface area contributed by atoms with E-state index in [0.29, 0.717) is 5.11 Å². The van der Waals surface area contributed by atoms with Crippen LogP contribution in [0.2, 0.25) is 5.02 Å². The molecule has 2 aromatic heterocycles. The Morgan fingerprint density at radius 3 is 2.46 bits per heavy atom. The largest absolute Gasteiger partial charge is 0.497 e. The third-order valence-corrected chi connectivity index (χ3v) is 7.44. The monoisotopic (exact) mass is 502 g/mol. The lowest BCUT2D eigenvalue weighted by molar-refractivity contribution is 0.415. The molecule has 0 aliphatic carbocycles. The summed E-state index contributed by atoms with van der Waals surface area (Å²) in [7, 11) is 1.67. The summed E-state index contributed by atoms with van der Waals surface area (Å²) in [6.45, 7) is 6.35. The second-order valence-corrected chi connectivity index (χ2v) is 9.53. The van der Waals surface area contributed by atoms with Crippen LogP contribution in [0.25, 0.3) is 5.69 Å². The molecule has 4 aromatic rings. The third kappa shape index (κ3) is 4.07. The van der Waals surface area contributed by atoms with E-state index in [0.717, 1.165) is 44.8 Å². The average molecular weight is 503 g/mol. The molecule has 1 aliphatic rings. The van der Waals surface area contributed by atoms with E-state index in [1.165, 1.54) is 5.56 Å². The Bertz CT molecular complexity index is 1380. The number of nitrogens with one attached hydrogen (secondary N) is 1. The number of thiocarbonyl (C=S) groups is 1. The molecular formula is C28H27ClN4OS. The van der Waals surface area contributed by atoms with Gasteiger partial charge in [0.15, 0.2) is 5.11 Å². The Morgan fingerprint density at radius 1 is 1.00 bits per heavy atom. The Balaban J connectivity index is 1.68. The first-order chi connectivity index (χ1) is 16.9. The molecular weight excluding hydrogens is 476 g/mol. The van der Waals surface area contributed by atoms with Crippen molar-refractivity contribution in [1.29, 1.82) is 0 Å². The van der Waals surface area contributed by atoms with E-state index in [-0.39, 0.29) is 12.1 Å². The number of hydrogen-bond acceptors (Lipinski definition) is 3. The zero-order valence-electron chi connectivity index (χ0n) is 20.1. The predicted molar refractivity (Wildman–Crippen MR) is 146 cm³/mol. The minimum Gasteiger partial charge on any atom is -0.497 e. The molecule has 2 atom stereocenters. The molecule has 1 fully saturated rings. The molecule has 0 spiro atoms. The van der Waals surface area contributed by atoms with Gasteiger partial charge in [0.05, 0.1) is 24.9 Å². The first-order valence-corrected chi connectivity index (χ1v) is 12.3. The molecule has 5 rings (SSSR count). The zero-order valence-corrected chi connectivity index (χ0v) is 21.7. The lowest BCUT2D eigenvalue weighted by Gasteiger charge is -2.28. The summed E-state index contributed by atoms with van der Waals surface area (Å²) >= 11 is 12.4. The number of ether oxygens (including phenoxy) is 1. The molecule has 35 heavy (non-hydrogen) atoms. The fourth-order valence-electron chi connectivity index (χ4n) is 4.99. The van der Waals surface area contributed by atoms with Crippen LogP contribution in [0.5, 0.6) is 5.75 Å². The lowest BCUT2D eigenvalue weighted by atomic mass is 9.96. The van der Waals surface area contributed by atoms with E-state index in [4.69, 9.17) is 28.6 Å². The van der Waals surface area contributed by atoms with Crippen LogP contribution >= 0.6 is 23.8 Å². The van der Waals surface area contributed by atoms with Crippen LogP contribution in [0.4, 0.5) is 5.69 Å². The SMILES string of the molecule is COc1ccc(N2C(=S)N[C@@H](c3ccccn3)[C@H]2c2cc(C)n(-c3cccc(Cl)c3C)c2C)cc1. The molecule has 0 saturated carbocycles. The molecule has 1 N–H and O–H groups in total. The maximum atomic E-state index is 6.49. The smallest absolute Gasteiger partial charge is 0.174 e. The van der Waals surface area contributed by atoms with E-state index in [1.54, 1.807) is 7.11 Å². The Morgan fingerprint density at radius 2 is 1.77 bits per heavy atom. The highest BCUT2D eigenvalue weighted by Gasteiger charge is 2.42. The molecule has 7 heteroatoms. The van der Waals surface area contributed by atoms with Gasteiger partial charge in [-0.15, -0.1) is 0 Å². The van der Waals surface area contributed by atoms with Gasteiger partial charge in [-0.25, -0.2) is 0 Å². The van der Waals surface area contributed by atoms with Crippen LogP contribution in [0.15, 0.2) is 72.9 Å². The number of halogens is 1. The number of rotatable bonds is 5. The Hall–Kier alpha value is -3.35. The van der Waals surface area contributed by atoms with Gasteiger partial charge < -0.3 is 19.5 Å². The van der Waals surface area contributed by atoms with Crippen molar-refractivity contribution in [2.24, 2.45) is 0 Å². The summed E-state index contributed by atoms with van der Waals surface area (Å²) < 4.78 is 7.65. The van der Waals surface area contributed by atoms with E-state index >= 15 is 0 Å². The van der Waals surface area contributed by atoms with Gasteiger partial charge in [-0.1, -0.05) is 23.7 Å². The second kappa shape index (κ2) is 9.36. The summed E-state index contributed by atoms with van der Waals surface area (Å²) in [5.41, 5.74) is 7.53. The molecule has 0 amide bonds. The number of anilines is 1. The molecule has 0 radical (unpaired) electrons. The third-order valence-electron chi connectivity index (χ3n) is 6.72. The number of aryl methyl sites for hydroxylation is 1. The number of methoxy groups -OCH3 is 1. The maximum absolute atomic E-state index is 6.49. The van der Waals surface area contributed by atoms with Crippen molar-refractivity contribution in [1.82, 2.24) is 14.9 Å². The van der Waals surface area contributed by atoms with Crippen LogP contribution in [0, 0.1) is 20.8 Å². The van der Waals surface area contributed by atoms with Gasteiger partial charge in [-0.2, -0.15) is 0 Å². The fourth-order valence-corrected chi connectivity index (χ4v) is 5.50. The molecule has 178 valence electrons. The summed E-state index contributed by atoms with van der Waals surface area (Å²) in [6, 6.07) is 22.1. The molecule has 0 unspecified atom stereocenters. The minimum atomic E-state index is -0.111. The van der Waals surface area contributed by atoms with Gasteiger partial charge in [-0.05, 0) is 98.7 Å². The zero-order chi connectivity index (χ0) is 24.7. The summed E-state index contributed by atoms with van der Waals surface area (Å²) in [5, 5.41) is 4.97. The number of benzene rings is 2. The van der Waals surface area contributed by atoms with E-state index in [1.807, 2.05) is 60.8 Å². The van der Waals surface area contributed by atoms with Crippen molar-refractivity contribution >= 4 is 34.6 Å². The van der Waals surface area contributed by atoms with Crippen molar-refractivity contribution in [2.75, 3.05) is 12.0 Å². The van der Waals surface area contributed by atoms with Crippen molar-refractivity contribution in [2.45, 2.75) is 32.9 Å². The van der Waals surface area contributed by atoms with Crippen molar-refractivity contribution in [3.05, 3.63) is 106 Å². The molecule has 1 aliphatic heterocycles. The number of hydrogen-bond donors (Lipinski definition) is 1. The number of pyridine rings is 1. The predicted octanol–water partition coefficient (Wildman–Crippen LogP) is 6.64. The first-order valence-electron chi connectivity index (χ1n) is 11.5. The van der Waals surface area contributed by atoms with Crippen molar-refractivity contribution < 1.29 is 4.74 Å². The summed E-state index contributed by atoms with van der Waals surface area (Å²) in [4.78, 5) is 6.86. The van der Waals surface area contributed by atoms with Gasteiger partial charge in [0.1, 0.15) is 5.75 Å². The highest BCUT2D eigenvalue weighted by Crippen LogP contribution is 2.44. The van der Waals surface area contributed by atoms with Gasteiger partial charge >= 0.3 is 0 Å². The fraction of sp³-hybridized carbons (Fsp3) is 0.214. The first kappa shape index (κ1) is 23.4. The van der Waals surface area contributed by atoms with Crippen LogP contribution in [-0.4, -0.2) is 21.8 Å². The van der Waals surface area contributed by atoms with Gasteiger partial charge in [0.25, 0.3) is 0 Å². The topological polar surface area (TPSA) is 42.3 Å². The van der Waals surface area contributed by atoms with Crippen LogP contribution in [0.1, 0.15) is 40.3 Å². The van der Waals surface area contributed by atoms with Crippen LogP contribution < -0.4 is 15.0 Å². The molecule has 2 aromatic carbocycles. The van der Waals surface area contributed by atoms with Crippen LogP contribution in [0.3, 0.4) is 0 Å². The molecule has 0 bridgehead atoms. The standard InChI is InChI=1S/C28H27ClN4OS/c1-17-16-22(19(3)32(17)25-10-7-8-23(29)18(25)2)27-26(24-9-5-6-15-30-24)31-28(35)33(27)20-11-13-21(34-4)14-12-20/h5-16,26-27H,1-4H3,(H,31,35)/t26-,27+/m0/s1. The highest BCUT2D eigenvalue weighted by molar-refractivity contribution is 7.80. The highest BCUT2D eigenvalue weighted by atomic mass is 35.5. The van der Waals surface area contributed by atoms with Gasteiger partial charge in [0, 0.05) is 34.0 Å². The normalized spacial score (nSPS) is 17.5. The van der Waals surface area contributed by atoms with Gasteiger partial charge in [0.2, 0.25) is 0 Å². The molecule has 3 heterocycles. The lowest BCUT2D eigenvalue weighted by Crippen LogP contribution is -2.29. The van der Waals surface area contributed by atoms with Gasteiger partial charge in [-0.3, -0.25) is 4.98 Å². The van der Waals surface area contributed by atoms with E-state index in [2.05, 4.69) is 52.7 Å². The van der Waals surface area contributed by atoms with E-state index < -0.39 is 0 Å². The number of aromatic nitrogens is 2. The Kier molecular flexibility index (Phi) is 6.26. The van der Waals surface area contributed by atoms with E-state index in [9.17, 15) is 0 Å². The summed E-state index contributed by atoms with van der Waals surface area (Å²) in [6.07, 6.45) is 1.83. The van der Waals surface area contributed by atoms with Crippen molar-refractivity contribution in [3.63, 3.8) is 0 Å². The average Bonchev–Trinajstić information content (AvgIpc) is 3.36. The van der Waals surface area contributed by atoms with Crippen LogP contribution in [-0.2, 0) is 0 Å². The minimum absolute atomic E-state index is 0.0924. The molecule has 1 saturated heterocycles. The quantitative estimate of drug-likeness (QED) is 0.310. The Labute approximate surface area is 216 Å². The number of nitrogens with zero attached hydrogens (tertiary/aromatic N) is 3. The molecule has 5 nitrogen and oxygen atoms in total.